The highest BCUT2D eigenvalue weighted by Crippen LogP contribution is 2.29. The molecule has 0 unspecified atom stereocenters. The van der Waals surface area contributed by atoms with Gasteiger partial charge in [-0.25, -0.2) is 0 Å². The summed E-state index contributed by atoms with van der Waals surface area (Å²) in [6, 6.07) is 11.2. The van der Waals surface area contributed by atoms with Crippen LogP contribution in [0.2, 0.25) is 0 Å². The molecule has 0 saturated heterocycles. The van der Waals surface area contributed by atoms with E-state index >= 15 is 0 Å². The number of para-hydroxylation sites is 1. The number of ether oxygens (including phenoxy) is 1. The fourth-order valence-corrected chi connectivity index (χ4v) is 2.38. The number of carbonyl (C=O) groups is 2. The van der Waals surface area contributed by atoms with Gasteiger partial charge in [0.1, 0.15) is 5.75 Å². The maximum absolute atomic E-state index is 12.5. The van der Waals surface area contributed by atoms with Gasteiger partial charge in [0.25, 0.3) is 5.91 Å². The summed E-state index contributed by atoms with van der Waals surface area (Å²) in [5.41, 5.74) is 0.145. The fraction of sp³-hybridized carbons (Fsp3) is 0.263. The third-order valence-electron chi connectivity index (χ3n) is 3.79. The van der Waals surface area contributed by atoms with Crippen LogP contribution in [-0.4, -0.2) is 32.0 Å². The number of carbonyl (C=O) groups excluding carboxylic acids is 2. The van der Waals surface area contributed by atoms with Crippen molar-refractivity contribution in [2.75, 3.05) is 20.2 Å². The second-order valence-corrected chi connectivity index (χ2v) is 5.67. The van der Waals surface area contributed by atoms with Gasteiger partial charge in [-0.3, -0.25) is 9.59 Å². The van der Waals surface area contributed by atoms with Crippen LogP contribution in [0, 0.1) is 0 Å². The largest absolute Gasteiger partial charge is 0.496 e. The zero-order valence-electron chi connectivity index (χ0n) is 14.6. The molecule has 2 amide bonds. The van der Waals surface area contributed by atoms with Crippen LogP contribution in [0.4, 0.5) is 13.2 Å². The summed E-state index contributed by atoms with van der Waals surface area (Å²) in [5.74, 6) is -0.295. The van der Waals surface area contributed by atoms with Gasteiger partial charge in [-0.1, -0.05) is 18.2 Å². The molecule has 0 aliphatic carbocycles. The monoisotopic (exact) mass is 380 g/mol. The van der Waals surface area contributed by atoms with Crippen molar-refractivity contribution in [2.24, 2.45) is 0 Å². The van der Waals surface area contributed by atoms with Crippen molar-refractivity contribution in [2.45, 2.75) is 12.6 Å². The van der Waals surface area contributed by atoms with Crippen LogP contribution in [0.25, 0.3) is 0 Å². The van der Waals surface area contributed by atoms with Gasteiger partial charge in [-0.05, 0) is 42.3 Å². The first-order valence-corrected chi connectivity index (χ1v) is 8.15. The molecule has 0 spiro atoms. The first kappa shape index (κ1) is 20.3. The Morgan fingerprint density at radius 3 is 2.30 bits per heavy atom. The molecule has 144 valence electrons. The zero-order chi connectivity index (χ0) is 19.9. The van der Waals surface area contributed by atoms with Crippen molar-refractivity contribution >= 4 is 11.8 Å². The van der Waals surface area contributed by atoms with E-state index in [0.717, 1.165) is 35.6 Å². The molecule has 0 bridgehead atoms. The van der Waals surface area contributed by atoms with Crippen molar-refractivity contribution in [3.05, 3.63) is 65.2 Å². The maximum Gasteiger partial charge on any atom is 0.416 e. The summed E-state index contributed by atoms with van der Waals surface area (Å²) < 4.78 is 42.7. The molecule has 8 heteroatoms. The van der Waals surface area contributed by atoms with Gasteiger partial charge in [0, 0.05) is 12.1 Å². The quantitative estimate of drug-likeness (QED) is 0.776. The number of methoxy groups -OCH3 is 1. The van der Waals surface area contributed by atoms with Crippen molar-refractivity contribution in [3.8, 4) is 5.75 Å². The summed E-state index contributed by atoms with van der Waals surface area (Å²) in [4.78, 5) is 23.7. The Labute approximate surface area is 154 Å². The topological polar surface area (TPSA) is 67.4 Å². The van der Waals surface area contributed by atoms with E-state index in [1.54, 1.807) is 7.11 Å². The second-order valence-electron chi connectivity index (χ2n) is 5.67. The zero-order valence-corrected chi connectivity index (χ0v) is 14.6. The summed E-state index contributed by atoms with van der Waals surface area (Å²) >= 11 is 0. The lowest BCUT2D eigenvalue weighted by molar-refractivity contribution is -0.137. The molecule has 2 aromatic rings. The van der Waals surface area contributed by atoms with Gasteiger partial charge in [0.05, 0.1) is 19.2 Å². The van der Waals surface area contributed by atoms with Gasteiger partial charge in [0.2, 0.25) is 5.91 Å². The molecule has 0 aliphatic heterocycles. The lowest BCUT2D eigenvalue weighted by atomic mass is 10.1. The van der Waals surface area contributed by atoms with Crippen molar-refractivity contribution in [3.63, 3.8) is 0 Å². The molecule has 27 heavy (non-hydrogen) atoms. The average molecular weight is 380 g/mol. The standard InChI is InChI=1S/C19H19F3N2O3/c1-27-16-5-3-2-4-13(16)10-11-23-17(25)12-24-18(26)14-6-8-15(9-7-14)19(20,21)22/h2-9H,10-12H2,1H3,(H,23,25)(H,24,26). The number of nitrogens with one attached hydrogen (secondary N) is 2. The minimum absolute atomic E-state index is 0.0461. The number of rotatable bonds is 7. The van der Waals surface area contributed by atoms with E-state index in [-0.39, 0.29) is 12.1 Å². The minimum atomic E-state index is -4.46. The number of amides is 2. The van der Waals surface area contributed by atoms with Crippen LogP contribution in [-0.2, 0) is 17.4 Å². The van der Waals surface area contributed by atoms with E-state index in [4.69, 9.17) is 4.74 Å². The fourth-order valence-electron chi connectivity index (χ4n) is 2.38. The van der Waals surface area contributed by atoms with Crippen LogP contribution < -0.4 is 15.4 Å². The van der Waals surface area contributed by atoms with E-state index in [9.17, 15) is 22.8 Å². The minimum Gasteiger partial charge on any atom is -0.496 e. The third-order valence-corrected chi connectivity index (χ3v) is 3.79. The first-order chi connectivity index (χ1) is 12.8. The van der Waals surface area contributed by atoms with Crippen LogP contribution >= 0.6 is 0 Å². The maximum atomic E-state index is 12.5. The van der Waals surface area contributed by atoms with Crippen molar-refractivity contribution in [1.29, 1.82) is 0 Å². The molecule has 5 nitrogen and oxygen atoms in total. The van der Waals surface area contributed by atoms with Gasteiger partial charge in [-0.15, -0.1) is 0 Å². The van der Waals surface area contributed by atoms with Crippen molar-refractivity contribution < 1.29 is 27.5 Å². The smallest absolute Gasteiger partial charge is 0.416 e. The van der Waals surface area contributed by atoms with Gasteiger partial charge >= 0.3 is 6.18 Å². The summed E-state index contributed by atoms with van der Waals surface area (Å²) in [6.45, 7) is 0.0845. The number of hydrogen-bond donors (Lipinski definition) is 2. The number of halogens is 3. The van der Waals surface area contributed by atoms with Gasteiger partial charge in [-0.2, -0.15) is 13.2 Å². The molecule has 0 atom stereocenters. The SMILES string of the molecule is COc1ccccc1CCNC(=O)CNC(=O)c1ccc(C(F)(F)F)cc1. The second kappa shape index (κ2) is 9.07. The summed E-state index contributed by atoms with van der Waals surface area (Å²) in [5, 5.41) is 5.03. The average Bonchev–Trinajstić information content (AvgIpc) is 2.66. The molecule has 2 N–H and O–H groups in total. The lowest BCUT2D eigenvalue weighted by Gasteiger charge is -2.10. The Kier molecular flexibility index (Phi) is 6.81. The van der Waals surface area contributed by atoms with Crippen LogP contribution in [0.3, 0.4) is 0 Å². The normalized spacial score (nSPS) is 11.0. The predicted octanol–water partition coefficient (Wildman–Crippen LogP) is 2.80. The van der Waals surface area contributed by atoms with Crippen molar-refractivity contribution in [1.82, 2.24) is 10.6 Å². The molecule has 0 heterocycles. The highest BCUT2D eigenvalue weighted by Gasteiger charge is 2.30. The third kappa shape index (κ3) is 6.02. The first-order valence-electron chi connectivity index (χ1n) is 8.15. The number of alkyl halides is 3. The van der Waals surface area contributed by atoms with Crippen LogP contribution in [0.15, 0.2) is 48.5 Å². The molecular weight excluding hydrogens is 361 g/mol. The predicted molar refractivity (Wildman–Crippen MR) is 93.5 cm³/mol. The highest BCUT2D eigenvalue weighted by molar-refractivity contribution is 5.96. The molecule has 0 aromatic heterocycles. The van der Waals surface area contributed by atoms with E-state index in [1.165, 1.54) is 0 Å². The van der Waals surface area contributed by atoms with E-state index in [2.05, 4.69) is 10.6 Å². The Morgan fingerprint density at radius 1 is 1.00 bits per heavy atom. The molecule has 2 aromatic carbocycles. The highest BCUT2D eigenvalue weighted by atomic mass is 19.4. The van der Waals surface area contributed by atoms with E-state index in [1.807, 2.05) is 24.3 Å². The lowest BCUT2D eigenvalue weighted by Crippen LogP contribution is -2.37. The Balaban J connectivity index is 1.77. The molecule has 0 aliphatic rings. The van der Waals surface area contributed by atoms with E-state index in [0.29, 0.717) is 13.0 Å². The van der Waals surface area contributed by atoms with Crippen LogP contribution in [0.1, 0.15) is 21.5 Å². The Morgan fingerprint density at radius 2 is 1.67 bits per heavy atom. The van der Waals surface area contributed by atoms with Gasteiger partial charge < -0.3 is 15.4 Å². The number of benzene rings is 2. The Bertz CT molecular complexity index is 790. The number of hydrogen-bond acceptors (Lipinski definition) is 3. The molecule has 0 radical (unpaired) electrons. The molecule has 0 fully saturated rings. The van der Waals surface area contributed by atoms with Gasteiger partial charge in [0.15, 0.2) is 0 Å². The molecule has 2 rings (SSSR count). The summed E-state index contributed by atoms with van der Waals surface area (Å²) in [7, 11) is 1.56. The molecule has 0 saturated carbocycles. The molecular formula is C19H19F3N2O3. The summed E-state index contributed by atoms with van der Waals surface area (Å²) in [6.07, 6.45) is -3.90. The van der Waals surface area contributed by atoms with Crippen LogP contribution in [0.5, 0.6) is 5.75 Å². The Hall–Kier alpha value is -3.03. The van der Waals surface area contributed by atoms with E-state index < -0.39 is 23.6 Å².